The van der Waals surface area contributed by atoms with Crippen LogP contribution in [0.25, 0.3) is 11.8 Å². The van der Waals surface area contributed by atoms with E-state index < -0.39 is 0 Å². The highest BCUT2D eigenvalue weighted by molar-refractivity contribution is 6.18. The minimum Gasteiger partial charge on any atom is -0.379 e. The minimum atomic E-state index is -0.288. The number of hydrogen-bond acceptors (Lipinski definition) is 3. The van der Waals surface area contributed by atoms with Crippen LogP contribution in [0.2, 0.25) is 0 Å². The average Bonchev–Trinajstić information content (AvgIpc) is 2.61. The zero-order chi connectivity index (χ0) is 18.9. The summed E-state index contributed by atoms with van der Waals surface area (Å²) in [6, 6.07) is 12.6. The first kappa shape index (κ1) is 19.7. The van der Waals surface area contributed by atoms with Crippen molar-refractivity contribution in [3.63, 3.8) is 0 Å². The first-order chi connectivity index (χ1) is 12.5. The number of carbonyl (C=O) groups is 1. The Hall–Kier alpha value is -2.66. The molecule has 26 heavy (non-hydrogen) atoms. The molecule has 0 saturated heterocycles. The molecule has 1 heterocycles. The van der Waals surface area contributed by atoms with Crippen molar-refractivity contribution in [1.29, 1.82) is 0 Å². The molecule has 138 valence electrons. The summed E-state index contributed by atoms with van der Waals surface area (Å²) < 4.78 is 6.83. The molecule has 5 heteroatoms. The zero-order valence-electron chi connectivity index (χ0n) is 15.6. The number of pyridine rings is 1. The number of rotatable bonds is 8. The van der Waals surface area contributed by atoms with Gasteiger partial charge in [0.2, 0.25) is 0 Å². The average molecular weight is 354 g/mol. The standard InChI is InChI=1S/C21H26N2O3/c1-16(2)26-14-6-12-22-21(25)19(23-13-5-4-7-20(23)24)15-18-10-8-17(3)9-11-18/h4-5,7-11,13,15-16H,6,12,14H2,1-3H3,(H,22,25)/b19-15+. The molecule has 5 nitrogen and oxygen atoms in total. The van der Waals surface area contributed by atoms with Gasteiger partial charge in [0.25, 0.3) is 11.5 Å². The van der Waals surface area contributed by atoms with Crippen LogP contribution in [0.3, 0.4) is 0 Å². The topological polar surface area (TPSA) is 60.3 Å². The Kier molecular flexibility index (Phi) is 7.36. The van der Waals surface area contributed by atoms with E-state index in [9.17, 15) is 9.59 Å². The highest BCUT2D eigenvalue weighted by Crippen LogP contribution is 2.12. The third-order valence-electron chi connectivity index (χ3n) is 3.75. The van der Waals surface area contributed by atoms with Crippen molar-refractivity contribution in [2.45, 2.75) is 33.3 Å². The number of ether oxygens (including phenoxy) is 1. The maximum atomic E-state index is 12.7. The van der Waals surface area contributed by atoms with E-state index in [1.807, 2.05) is 45.0 Å². The molecule has 0 radical (unpaired) electrons. The molecular weight excluding hydrogens is 328 g/mol. The van der Waals surface area contributed by atoms with Gasteiger partial charge in [-0.15, -0.1) is 0 Å². The van der Waals surface area contributed by atoms with Gasteiger partial charge in [-0.1, -0.05) is 35.9 Å². The van der Waals surface area contributed by atoms with E-state index in [1.165, 1.54) is 10.6 Å². The molecule has 1 aromatic heterocycles. The van der Waals surface area contributed by atoms with E-state index in [0.717, 1.165) is 11.1 Å². The summed E-state index contributed by atoms with van der Waals surface area (Å²) in [6.45, 7) is 7.02. The largest absolute Gasteiger partial charge is 0.379 e. The van der Waals surface area contributed by atoms with Crippen LogP contribution < -0.4 is 10.9 Å². The summed E-state index contributed by atoms with van der Waals surface area (Å²) in [5.74, 6) is -0.288. The van der Waals surface area contributed by atoms with Gasteiger partial charge >= 0.3 is 0 Å². The van der Waals surface area contributed by atoms with Gasteiger partial charge in [0.15, 0.2) is 0 Å². The Balaban J connectivity index is 2.18. The lowest BCUT2D eigenvalue weighted by Crippen LogP contribution is -2.31. The molecule has 0 atom stereocenters. The Morgan fingerprint density at radius 1 is 1.19 bits per heavy atom. The minimum absolute atomic E-state index is 0.172. The predicted molar refractivity (Wildman–Crippen MR) is 105 cm³/mol. The zero-order valence-corrected chi connectivity index (χ0v) is 15.6. The molecular formula is C21H26N2O3. The van der Waals surface area contributed by atoms with Crippen molar-refractivity contribution in [2.75, 3.05) is 13.2 Å². The van der Waals surface area contributed by atoms with Gasteiger partial charge in [-0.05, 0) is 44.9 Å². The number of nitrogens with zero attached hydrogens (tertiary/aromatic N) is 1. The van der Waals surface area contributed by atoms with Crippen LogP contribution in [0.4, 0.5) is 0 Å². The molecule has 2 rings (SSSR count). The highest BCUT2D eigenvalue weighted by Gasteiger charge is 2.12. The lowest BCUT2D eigenvalue weighted by molar-refractivity contribution is -0.116. The molecule has 0 fully saturated rings. The molecule has 0 aliphatic heterocycles. The van der Waals surface area contributed by atoms with Gasteiger partial charge in [0.05, 0.1) is 6.10 Å². The monoisotopic (exact) mass is 354 g/mol. The molecule has 1 aromatic carbocycles. The van der Waals surface area contributed by atoms with Crippen molar-refractivity contribution < 1.29 is 9.53 Å². The van der Waals surface area contributed by atoms with Crippen LogP contribution in [0, 0.1) is 6.92 Å². The first-order valence-corrected chi connectivity index (χ1v) is 8.83. The molecule has 2 aromatic rings. The van der Waals surface area contributed by atoms with Crippen LogP contribution in [0.1, 0.15) is 31.4 Å². The van der Waals surface area contributed by atoms with Crippen LogP contribution in [0.15, 0.2) is 53.5 Å². The second-order valence-electron chi connectivity index (χ2n) is 6.38. The predicted octanol–water partition coefficient (Wildman–Crippen LogP) is 3.09. The van der Waals surface area contributed by atoms with Gasteiger partial charge in [0, 0.05) is 25.4 Å². The van der Waals surface area contributed by atoms with Crippen molar-refractivity contribution in [2.24, 2.45) is 0 Å². The Labute approximate surface area is 154 Å². The fourth-order valence-electron chi connectivity index (χ4n) is 2.38. The number of aryl methyl sites for hydroxylation is 1. The number of nitrogens with one attached hydrogen (secondary N) is 1. The number of amides is 1. The summed E-state index contributed by atoms with van der Waals surface area (Å²) >= 11 is 0. The summed E-state index contributed by atoms with van der Waals surface area (Å²) in [6.07, 6.45) is 4.21. The third kappa shape index (κ3) is 6.01. The highest BCUT2D eigenvalue weighted by atomic mass is 16.5. The van der Waals surface area contributed by atoms with Gasteiger partial charge in [0.1, 0.15) is 5.70 Å². The third-order valence-corrected chi connectivity index (χ3v) is 3.75. The summed E-state index contributed by atoms with van der Waals surface area (Å²) in [5.41, 5.74) is 2.04. The molecule has 0 aliphatic carbocycles. The molecule has 1 amide bonds. The summed E-state index contributed by atoms with van der Waals surface area (Å²) in [4.78, 5) is 24.9. The number of hydrogen-bond donors (Lipinski definition) is 1. The van der Waals surface area contributed by atoms with E-state index in [2.05, 4.69) is 5.32 Å². The van der Waals surface area contributed by atoms with Gasteiger partial charge in [-0.3, -0.25) is 14.2 Å². The van der Waals surface area contributed by atoms with Crippen molar-refractivity contribution >= 4 is 17.7 Å². The van der Waals surface area contributed by atoms with Crippen LogP contribution in [-0.4, -0.2) is 29.7 Å². The van der Waals surface area contributed by atoms with E-state index in [1.54, 1.807) is 24.4 Å². The fraction of sp³-hybridized carbons (Fsp3) is 0.333. The second kappa shape index (κ2) is 9.73. The van der Waals surface area contributed by atoms with Crippen LogP contribution in [-0.2, 0) is 9.53 Å². The van der Waals surface area contributed by atoms with Crippen LogP contribution in [0.5, 0.6) is 0 Å². The SMILES string of the molecule is Cc1ccc(/C=C(\C(=O)NCCCOC(C)C)n2ccccc2=O)cc1. The number of carbonyl (C=O) groups excluding carboxylic acids is 1. The molecule has 0 aliphatic rings. The van der Waals surface area contributed by atoms with Crippen molar-refractivity contribution in [1.82, 2.24) is 9.88 Å². The lowest BCUT2D eigenvalue weighted by Gasteiger charge is -2.12. The van der Waals surface area contributed by atoms with E-state index in [4.69, 9.17) is 4.74 Å². The molecule has 0 bridgehead atoms. The van der Waals surface area contributed by atoms with E-state index in [-0.39, 0.29) is 17.6 Å². The second-order valence-corrected chi connectivity index (χ2v) is 6.38. The van der Waals surface area contributed by atoms with E-state index in [0.29, 0.717) is 25.3 Å². The molecule has 0 spiro atoms. The lowest BCUT2D eigenvalue weighted by atomic mass is 10.1. The molecule has 0 unspecified atom stereocenters. The fourth-order valence-corrected chi connectivity index (χ4v) is 2.38. The Bertz CT molecular complexity index is 805. The quantitative estimate of drug-likeness (QED) is 0.585. The molecule has 1 N–H and O–H groups in total. The Morgan fingerprint density at radius 2 is 1.92 bits per heavy atom. The number of benzene rings is 1. The normalized spacial score (nSPS) is 11.6. The van der Waals surface area contributed by atoms with E-state index >= 15 is 0 Å². The first-order valence-electron chi connectivity index (χ1n) is 8.83. The van der Waals surface area contributed by atoms with Gasteiger partial charge in [-0.2, -0.15) is 0 Å². The van der Waals surface area contributed by atoms with Crippen molar-refractivity contribution in [3.8, 4) is 0 Å². The van der Waals surface area contributed by atoms with Gasteiger partial charge < -0.3 is 10.1 Å². The Morgan fingerprint density at radius 3 is 2.58 bits per heavy atom. The molecule has 0 saturated carbocycles. The van der Waals surface area contributed by atoms with Gasteiger partial charge in [-0.25, -0.2) is 0 Å². The summed E-state index contributed by atoms with van der Waals surface area (Å²) in [5, 5.41) is 2.87. The smallest absolute Gasteiger partial charge is 0.268 e. The maximum Gasteiger partial charge on any atom is 0.268 e. The van der Waals surface area contributed by atoms with Crippen LogP contribution >= 0.6 is 0 Å². The number of aromatic nitrogens is 1. The maximum absolute atomic E-state index is 12.7. The van der Waals surface area contributed by atoms with Crippen molar-refractivity contribution in [3.05, 3.63) is 70.1 Å². The summed E-state index contributed by atoms with van der Waals surface area (Å²) in [7, 11) is 0.